The van der Waals surface area contributed by atoms with Crippen molar-refractivity contribution in [3.05, 3.63) is 74.7 Å². The third-order valence-corrected chi connectivity index (χ3v) is 4.97. The maximum Gasteiger partial charge on any atom is 0.276 e. The lowest BCUT2D eigenvalue weighted by atomic mass is 10.1. The molecule has 0 spiro atoms. The molecule has 7 heteroatoms. The molecule has 1 N–H and O–H groups in total. The van der Waals surface area contributed by atoms with Crippen LogP contribution in [0.1, 0.15) is 30.9 Å². The zero-order chi connectivity index (χ0) is 19.2. The lowest BCUT2D eigenvalue weighted by Crippen LogP contribution is -2.19. The Labute approximate surface area is 161 Å². The normalized spacial score (nSPS) is 16.7. The number of nitro groups is 1. The van der Waals surface area contributed by atoms with Crippen molar-refractivity contribution in [2.45, 2.75) is 26.2 Å². The Hall–Kier alpha value is -2.93. The average Bonchev–Trinajstić information content (AvgIpc) is 3.00. The first-order chi connectivity index (χ1) is 13.1. The van der Waals surface area contributed by atoms with Gasteiger partial charge in [-0.05, 0) is 54.4 Å². The van der Waals surface area contributed by atoms with Crippen LogP contribution >= 0.6 is 11.8 Å². The van der Waals surface area contributed by atoms with Gasteiger partial charge in [-0.2, -0.15) is 0 Å². The summed E-state index contributed by atoms with van der Waals surface area (Å²) in [6.07, 6.45) is 4.87. The minimum absolute atomic E-state index is 0.0357. The van der Waals surface area contributed by atoms with E-state index in [-0.39, 0.29) is 11.6 Å². The van der Waals surface area contributed by atoms with Crippen LogP contribution in [0.15, 0.2) is 58.4 Å². The van der Waals surface area contributed by atoms with Gasteiger partial charge < -0.3 is 5.32 Å². The van der Waals surface area contributed by atoms with Gasteiger partial charge in [-0.15, -0.1) is 0 Å². The lowest BCUT2D eigenvalue weighted by Gasteiger charge is -2.01. The fraction of sp³-hybridized carbons (Fsp3) is 0.200. The van der Waals surface area contributed by atoms with Crippen molar-refractivity contribution in [3.8, 4) is 0 Å². The maximum atomic E-state index is 12.2. The van der Waals surface area contributed by atoms with Gasteiger partial charge in [0.1, 0.15) is 0 Å². The number of carbonyl (C=O) groups is 1. The van der Waals surface area contributed by atoms with Crippen LogP contribution in [0.3, 0.4) is 0 Å². The van der Waals surface area contributed by atoms with Crippen LogP contribution in [0.2, 0.25) is 0 Å². The smallest absolute Gasteiger partial charge is 0.276 e. The number of unbranched alkanes of at least 4 members (excludes halogenated alkanes) is 1. The van der Waals surface area contributed by atoms with Crippen molar-refractivity contribution in [1.29, 1.82) is 0 Å². The van der Waals surface area contributed by atoms with E-state index in [1.165, 1.54) is 29.5 Å². The largest absolute Gasteiger partial charge is 0.300 e. The maximum absolute atomic E-state index is 12.2. The molecule has 0 bridgehead atoms. The van der Waals surface area contributed by atoms with Crippen molar-refractivity contribution in [2.24, 2.45) is 4.99 Å². The summed E-state index contributed by atoms with van der Waals surface area (Å²) in [5, 5.41) is 14.3. The van der Waals surface area contributed by atoms with E-state index >= 15 is 0 Å². The fourth-order valence-corrected chi connectivity index (χ4v) is 3.47. The number of carbonyl (C=O) groups excluding carboxylic acids is 1. The Morgan fingerprint density at radius 1 is 1.19 bits per heavy atom. The summed E-state index contributed by atoms with van der Waals surface area (Å²) in [7, 11) is 0. The number of para-hydroxylation sites is 1. The van der Waals surface area contributed by atoms with Gasteiger partial charge in [-0.25, -0.2) is 4.99 Å². The highest BCUT2D eigenvalue weighted by atomic mass is 32.2. The Kier molecular flexibility index (Phi) is 6.03. The number of aliphatic imine (C=N–C) groups is 1. The molecule has 1 heterocycles. The molecule has 6 nitrogen and oxygen atoms in total. The molecule has 0 atom stereocenters. The Morgan fingerprint density at radius 3 is 2.63 bits per heavy atom. The van der Waals surface area contributed by atoms with Crippen LogP contribution in [-0.4, -0.2) is 16.0 Å². The van der Waals surface area contributed by atoms with Crippen LogP contribution < -0.4 is 5.32 Å². The highest BCUT2D eigenvalue weighted by Crippen LogP contribution is 2.30. The average molecular weight is 381 g/mol. The second kappa shape index (κ2) is 8.64. The van der Waals surface area contributed by atoms with Crippen LogP contribution in [0.25, 0.3) is 6.08 Å². The van der Waals surface area contributed by atoms with E-state index in [1.54, 1.807) is 18.2 Å². The number of benzene rings is 2. The van der Waals surface area contributed by atoms with Gasteiger partial charge in [0, 0.05) is 6.07 Å². The molecule has 2 aromatic rings. The van der Waals surface area contributed by atoms with Gasteiger partial charge in [-0.3, -0.25) is 14.9 Å². The Morgan fingerprint density at radius 2 is 1.93 bits per heavy atom. The Bertz CT molecular complexity index is 920. The van der Waals surface area contributed by atoms with Crippen molar-refractivity contribution >= 4 is 40.3 Å². The van der Waals surface area contributed by atoms with Gasteiger partial charge in [0.25, 0.3) is 11.6 Å². The summed E-state index contributed by atoms with van der Waals surface area (Å²) in [5.74, 6) is -0.309. The van der Waals surface area contributed by atoms with E-state index < -0.39 is 4.92 Å². The third kappa shape index (κ3) is 4.83. The molecule has 138 valence electrons. The lowest BCUT2D eigenvalue weighted by molar-refractivity contribution is -0.385. The molecule has 1 fully saturated rings. The van der Waals surface area contributed by atoms with Crippen LogP contribution in [0, 0.1) is 10.1 Å². The van der Waals surface area contributed by atoms with E-state index in [0.29, 0.717) is 15.6 Å². The highest BCUT2D eigenvalue weighted by molar-refractivity contribution is 8.18. The Balaban J connectivity index is 1.77. The molecule has 0 aliphatic carbocycles. The van der Waals surface area contributed by atoms with Crippen LogP contribution in [0.4, 0.5) is 11.4 Å². The number of hydrogen-bond donors (Lipinski definition) is 1. The summed E-state index contributed by atoms with van der Waals surface area (Å²) >= 11 is 1.17. The fourth-order valence-electron chi connectivity index (χ4n) is 2.63. The van der Waals surface area contributed by atoms with E-state index in [0.717, 1.165) is 24.9 Å². The molecular weight excluding hydrogens is 362 g/mol. The summed E-state index contributed by atoms with van der Waals surface area (Å²) in [4.78, 5) is 27.7. The van der Waals surface area contributed by atoms with Gasteiger partial charge in [0.05, 0.1) is 21.1 Å². The molecule has 1 saturated heterocycles. The van der Waals surface area contributed by atoms with Crippen molar-refractivity contribution in [1.82, 2.24) is 5.32 Å². The minimum atomic E-state index is -0.459. The minimum Gasteiger partial charge on any atom is -0.300 e. The number of aryl methyl sites for hydroxylation is 1. The predicted octanol–water partition coefficient (Wildman–Crippen LogP) is 4.83. The molecule has 2 aromatic carbocycles. The number of nitro benzene ring substituents is 1. The first-order valence-electron chi connectivity index (χ1n) is 8.69. The third-order valence-electron chi connectivity index (χ3n) is 4.06. The number of nitrogens with one attached hydrogen (secondary N) is 1. The first kappa shape index (κ1) is 18.8. The van der Waals surface area contributed by atoms with Gasteiger partial charge in [0.2, 0.25) is 0 Å². The number of thioether (sulfide) groups is 1. The molecule has 3 rings (SSSR count). The summed E-state index contributed by atoms with van der Waals surface area (Å²) in [6, 6.07) is 14.3. The first-order valence-corrected chi connectivity index (χ1v) is 9.50. The molecule has 1 aliphatic heterocycles. The molecule has 1 aliphatic rings. The van der Waals surface area contributed by atoms with Crippen LogP contribution in [-0.2, 0) is 11.2 Å². The van der Waals surface area contributed by atoms with Gasteiger partial charge in [-0.1, -0.05) is 37.6 Å². The van der Waals surface area contributed by atoms with Crippen molar-refractivity contribution < 1.29 is 9.72 Å². The zero-order valence-corrected chi connectivity index (χ0v) is 15.7. The topological polar surface area (TPSA) is 84.6 Å². The predicted molar refractivity (Wildman–Crippen MR) is 109 cm³/mol. The molecule has 0 saturated carbocycles. The molecule has 0 aromatic heterocycles. The van der Waals surface area contributed by atoms with Gasteiger partial charge in [0.15, 0.2) is 5.17 Å². The number of rotatable bonds is 6. The molecule has 27 heavy (non-hydrogen) atoms. The van der Waals surface area contributed by atoms with E-state index in [9.17, 15) is 14.9 Å². The molecule has 1 amide bonds. The number of amidine groups is 1. The zero-order valence-electron chi connectivity index (χ0n) is 14.8. The number of hydrogen-bond acceptors (Lipinski definition) is 5. The van der Waals surface area contributed by atoms with Gasteiger partial charge >= 0.3 is 0 Å². The van der Waals surface area contributed by atoms with E-state index in [1.807, 2.05) is 24.3 Å². The second-order valence-electron chi connectivity index (χ2n) is 6.07. The molecule has 0 radical (unpaired) electrons. The quantitative estimate of drug-likeness (QED) is 0.441. The summed E-state index contributed by atoms with van der Waals surface area (Å²) < 4.78 is 0. The standard InChI is InChI=1S/C20H19N3O3S/c1-2-3-6-14-9-11-16(12-10-14)21-20-22-19(24)18(27-20)13-15-7-4-5-8-17(15)23(25)26/h4-5,7-13H,2-3,6H2,1H3,(H,21,22,24)/b18-13-. The molecule has 0 unspecified atom stereocenters. The molecular formula is C20H19N3O3S. The van der Waals surface area contributed by atoms with E-state index in [2.05, 4.69) is 17.2 Å². The monoisotopic (exact) mass is 381 g/mol. The number of amides is 1. The van der Waals surface area contributed by atoms with Crippen LogP contribution in [0.5, 0.6) is 0 Å². The van der Waals surface area contributed by atoms with Crippen molar-refractivity contribution in [2.75, 3.05) is 0 Å². The second-order valence-corrected chi connectivity index (χ2v) is 7.10. The SMILES string of the molecule is CCCCc1ccc(N=C2NC(=O)/C(=C/c3ccccc3[N+](=O)[O-])S2)cc1. The summed E-state index contributed by atoms with van der Waals surface area (Å²) in [6.45, 7) is 2.16. The summed E-state index contributed by atoms with van der Waals surface area (Å²) in [5.41, 5.74) is 2.37. The van der Waals surface area contributed by atoms with Crippen molar-refractivity contribution in [3.63, 3.8) is 0 Å². The van der Waals surface area contributed by atoms with E-state index in [4.69, 9.17) is 0 Å². The number of nitrogens with zero attached hydrogens (tertiary/aromatic N) is 2. The highest BCUT2D eigenvalue weighted by Gasteiger charge is 2.25.